The largest absolute Gasteiger partial charge is 0.441 e. The second kappa shape index (κ2) is 5.80. The van der Waals surface area contributed by atoms with Crippen LogP contribution in [0.25, 0.3) is 0 Å². The van der Waals surface area contributed by atoms with Crippen molar-refractivity contribution in [1.29, 1.82) is 0 Å². The van der Waals surface area contributed by atoms with Crippen molar-refractivity contribution in [2.45, 2.75) is 43.3 Å². The molecule has 1 saturated heterocycles. The highest BCUT2D eigenvalue weighted by Gasteiger charge is 2.30. The molecule has 2 aliphatic rings. The minimum Gasteiger partial charge on any atom is -0.312 e. The Morgan fingerprint density at radius 3 is 2.65 bits per heavy atom. The molecule has 1 atom stereocenters. The van der Waals surface area contributed by atoms with E-state index in [1.165, 1.54) is 12.8 Å². The van der Waals surface area contributed by atoms with Crippen LogP contribution in [0.1, 0.15) is 25.7 Å². The van der Waals surface area contributed by atoms with Crippen molar-refractivity contribution in [2.75, 3.05) is 25.4 Å². The molecule has 0 bridgehead atoms. The van der Waals surface area contributed by atoms with Crippen molar-refractivity contribution in [2.24, 2.45) is 0 Å². The van der Waals surface area contributed by atoms with Gasteiger partial charge >= 0.3 is 5.51 Å². The molecular formula is C11H19F3N2S. The number of hydrogen-bond donors (Lipinski definition) is 1. The predicted octanol–water partition coefficient (Wildman–Crippen LogP) is 2.46. The Morgan fingerprint density at radius 1 is 1.24 bits per heavy atom. The fraction of sp³-hybridized carbons (Fsp3) is 1.00. The quantitative estimate of drug-likeness (QED) is 0.796. The summed E-state index contributed by atoms with van der Waals surface area (Å²) in [5, 5.41) is 3.46. The molecule has 0 radical (unpaired) electrons. The van der Waals surface area contributed by atoms with Gasteiger partial charge in [0.2, 0.25) is 0 Å². The first-order chi connectivity index (χ1) is 8.04. The van der Waals surface area contributed by atoms with Crippen LogP contribution in [0.3, 0.4) is 0 Å². The summed E-state index contributed by atoms with van der Waals surface area (Å²) in [6.07, 6.45) is 4.76. The van der Waals surface area contributed by atoms with E-state index in [1.807, 2.05) is 0 Å². The van der Waals surface area contributed by atoms with Gasteiger partial charge in [-0.3, -0.25) is 4.90 Å². The van der Waals surface area contributed by atoms with E-state index < -0.39 is 5.51 Å². The van der Waals surface area contributed by atoms with Gasteiger partial charge in [0.15, 0.2) is 0 Å². The third-order valence-corrected chi connectivity index (χ3v) is 4.08. The first-order valence-electron chi connectivity index (χ1n) is 6.23. The highest BCUT2D eigenvalue weighted by atomic mass is 32.2. The molecule has 0 spiro atoms. The normalized spacial score (nSPS) is 26.6. The van der Waals surface area contributed by atoms with Crippen LogP contribution in [-0.4, -0.2) is 47.9 Å². The van der Waals surface area contributed by atoms with Crippen LogP contribution in [0.15, 0.2) is 0 Å². The van der Waals surface area contributed by atoms with Gasteiger partial charge in [-0.15, -0.1) is 0 Å². The Kier molecular flexibility index (Phi) is 4.60. The molecule has 2 fully saturated rings. The molecule has 6 heteroatoms. The molecule has 1 N–H and O–H groups in total. The van der Waals surface area contributed by atoms with Crippen molar-refractivity contribution < 1.29 is 13.2 Å². The molecule has 100 valence electrons. The average Bonchev–Trinajstić information content (AvgIpc) is 2.95. The van der Waals surface area contributed by atoms with Crippen molar-refractivity contribution in [3.05, 3.63) is 0 Å². The van der Waals surface area contributed by atoms with E-state index in [2.05, 4.69) is 10.2 Å². The smallest absolute Gasteiger partial charge is 0.312 e. The van der Waals surface area contributed by atoms with E-state index in [0.29, 0.717) is 18.6 Å². The highest BCUT2D eigenvalue weighted by molar-refractivity contribution is 8.00. The number of hydrogen-bond acceptors (Lipinski definition) is 3. The molecule has 0 amide bonds. The summed E-state index contributed by atoms with van der Waals surface area (Å²) in [7, 11) is 0. The molecule has 0 aromatic rings. The molecule has 17 heavy (non-hydrogen) atoms. The van der Waals surface area contributed by atoms with Crippen LogP contribution in [0.2, 0.25) is 0 Å². The van der Waals surface area contributed by atoms with E-state index in [4.69, 9.17) is 0 Å². The zero-order valence-electron chi connectivity index (χ0n) is 9.80. The zero-order valence-corrected chi connectivity index (χ0v) is 10.6. The Balaban J connectivity index is 1.63. The maximum atomic E-state index is 12.0. The second-order valence-electron chi connectivity index (χ2n) is 4.81. The van der Waals surface area contributed by atoms with Crippen molar-refractivity contribution in [3.8, 4) is 0 Å². The maximum absolute atomic E-state index is 12.0. The minimum absolute atomic E-state index is 0.0971. The number of nitrogens with zero attached hydrogens (tertiary/aromatic N) is 1. The summed E-state index contributed by atoms with van der Waals surface area (Å²) < 4.78 is 36.1. The van der Waals surface area contributed by atoms with Gasteiger partial charge in [-0.2, -0.15) is 13.2 Å². The lowest BCUT2D eigenvalue weighted by Crippen LogP contribution is -2.39. The highest BCUT2D eigenvalue weighted by Crippen LogP contribution is 2.30. The third kappa shape index (κ3) is 5.06. The van der Waals surface area contributed by atoms with Gasteiger partial charge in [0.25, 0.3) is 0 Å². The monoisotopic (exact) mass is 268 g/mol. The Morgan fingerprint density at radius 2 is 2.00 bits per heavy atom. The number of nitrogens with one attached hydrogen (secondary N) is 1. The van der Waals surface area contributed by atoms with Crippen molar-refractivity contribution in [1.82, 2.24) is 10.2 Å². The summed E-state index contributed by atoms with van der Waals surface area (Å²) in [4.78, 5) is 2.20. The lowest BCUT2D eigenvalue weighted by molar-refractivity contribution is -0.0328. The summed E-state index contributed by atoms with van der Waals surface area (Å²) in [6, 6.07) is 1.13. The van der Waals surface area contributed by atoms with Crippen LogP contribution in [0, 0.1) is 0 Å². The first kappa shape index (κ1) is 13.5. The van der Waals surface area contributed by atoms with Gasteiger partial charge in [-0.05, 0) is 44.0 Å². The van der Waals surface area contributed by atoms with E-state index in [9.17, 15) is 13.2 Å². The molecule has 0 aromatic carbocycles. The topological polar surface area (TPSA) is 15.3 Å². The molecule has 1 heterocycles. The van der Waals surface area contributed by atoms with E-state index in [1.54, 1.807) is 0 Å². The Bertz CT molecular complexity index is 243. The summed E-state index contributed by atoms with van der Waals surface area (Å²) in [5.41, 5.74) is -4.08. The van der Waals surface area contributed by atoms with Crippen LogP contribution < -0.4 is 5.32 Å². The number of alkyl halides is 3. The minimum atomic E-state index is -4.08. The van der Waals surface area contributed by atoms with E-state index >= 15 is 0 Å². The fourth-order valence-electron chi connectivity index (χ4n) is 2.29. The van der Waals surface area contributed by atoms with Gasteiger partial charge < -0.3 is 5.32 Å². The maximum Gasteiger partial charge on any atom is 0.441 e. The predicted molar refractivity (Wildman–Crippen MR) is 64.1 cm³/mol. The molecule has 2 nitrogen and oxygen atoms in total. The summed E-state index contributed by atoms with van der Waals surface area (Å²) >= 11 is 0.0971. The van der Waals surface area contributed by atoms with Gasteiger partial charge in [-0.25, -0.2) is 0 Å². The summed E-state index contributed by atoms with van der Waals surface area (Å²) in [5.74, 6) is 0.156. The number of thioether (sulfide) groups is 1. The third-order valence-electron chi connectivity index (χ3n) is 3.36. The van der Waals surface area contributed by atoms with Gasteiger partial charge in [0.05, 0.1) is 0 Å². The van der Waals surface area contributed by atoms with E-state index in [-0.39, 0.29) is 17.5 Å². The Labute approximate surface area is 104 Å². The van der Waals surface area contributed by atoms with E-state index in [0.717, 1.165) is 25.9 Å². The zero-order chi connectivity index (χ0) is 12.3. The number of halogens is 3. The second-order valence-corrected chi connectivity index (χ2v) is 5.97. The average molecular weight is 268 g/mol. The molecular weight excluding hydrogens is 249 g/mol. The van der Waals surface area contributed by atoms with Gasteiger partial charge in [0.1, 0.15) is 0 Å². The van der Waals surface area contributed by atoms with Crippen LogP contribution >= 0.6 is 11.8 Å². The van der Waals surface area contributed by atoms with Crippen LogP contribution in [-0.2, 0) is 0 Å². The number of likely N-dealkylation sites (tertiary alicyclic amines) is 1. The lowest BCUT2D eigenvalue weighted by Gasteiger charge is -2.24. The standard InChI is InChI=1S/C11H19F3N2S/c12-11(13,14)17-7-6-16-5-1-2-10(16)8-15-9-3-4-9/h9-10,15H,1-8H2. The first-order valence-corrected chi connectivity index (χ1v) is 7.21. The molecule has 1 aliphatic heterocycles. The SMILES string of the molecule is FC(F)(F)SCCN1CCCC1CNC1CC1. The lowest BCUT2D eigenvalue weighted by atomic mass is 10.2. The number of rotatable bonds is 6. The Hall–Kier alpha value is 0.0600. The molecule has 2 rings (SSSR count). The molecule has 1 saturated carbocycles. The van der Waals surface area contributed by atoms with Crippen molar-refractivity contribution >= 4 is 11.8 Å². The van der Waals surface area contributed by atoms with Crippen LogP contribution in [0.4, 0.5) is 13.2 Å². The fourth-order valence-corrected chi connectivity index (χ4v) is 2.85. The van der Waals surface area contributed by atoms with Crippen LogP contribution in [0.5, 0.6) is 0 Å². The molecule has 1 aliphatic carbocycles. The van der Waals surface area contributed by atoms with Gasteiger partial charge in [-0.1, -0.05) is 0 Å². The van der Waals surface area contributed by atoms with Gasteiger partial charge in [0, 0.05) is 30.9 Å². The summed E-state index contributed by atoms with van der Waals surface area (Å²) in [6.45, 7) is 2.46. The molecule has 0 aromatic heterocycles. The van der Waals surface area contributed by atoms with Crippen molar-refractivity contribution in [3.63, 3.8) is 0 Å². The molecule has 1 unspecified atom stereocenters.